The Morgan fingerprint density at radius 2 is 1.92 bits per heavy atom. The van der Waals surface area contributed by atoms with E-state index in [1.165, 1.54) is 0 Å². The van der Waals surface area contributed by atoms with Gasteiger partial charge in [0.15, 0.2) is 6.61 Å². The molecule has 0 heterocycles. The molecule has 2 aromatic rings. The van der Waals surface area contributed by atoms with E-state index in [9.17, 15) is 9.59 Å². The van der Waals surface area contributed by atoms with Crippen LogP contribution in [0.15, 0.2) is 48.5 Å². The zero-order valence-electron chi connectivity index (χ0n) is 14.3. The van der Waals surface area contributed by atoms with Crippen molar-refractivity contribution in [2.75, 3.05) is 6.61 Å². The van der Waals surface area contributed by atoms with Gasteiger partial charge in [-0.3, -0.25) is 4.79 Å². The summed E-state index contributed by atoms with van der Waals surface area (Å²) in [5.41, 5.74) is 1.96. The number of hydrogen-bond donors (Lipinski definition) is 2. The number of carbonyl (C=O) groups is 2. The minimum absolute atomic E-state index is 0.0219. The second-order valence-electron chi connectivity index (χ2n) is 6.45. The molecule has 0 aliphatic heterocycles. The molecule has 1 saturated carbocycles. The summed E-state index contributed by atoms with van der Waals surface area (Å²) in [6, 6.07) is 14.5. The van der Waals surface area contributed by atoms with Crippen molar-refractivity contribution in [2.45, 2.75) is 25.3 Å². The molecule has 1 amide bonds. The Bertz CT molecular complexity index is 806. The number of carbonyl (C=O) groups excluding carboxylic acids is 1. The van der Waals surface area contributed by atoms with Crippen LogP contribution in [0.1, 0.15) is 36.4 Å². The van der Waals surface area contributed by atoms with Crippen molar-refractivity contribution in [1.82, 2.24) is 5.32 Å². The van der Waals surface area contributed by atoms with Gasteiger partial charge >= 0.3 is 5.97 Å². The number of halogens is 1. The molecule has 3 atom stereocenters. The van der Waals surface area contributed by atoms with Gasteiger partial charge in [0.25, 0.3) is 0 Å². The third kappa shape index (κ3) is 4.35. The molecule has 0 bridgehead atoms. The summed E-state index contributed by atoms with van der Waals surface area (Å²) >= 11 is 6.21. The Labute approximate surface area is 156 Å². The van der Waals surface area contributed by atoms with E-state index >= 15 is 0 Å². The molecule has 3 unspecified atom stereocenters. The first-order valence-electron chi connectivity index (χ1n) is 8.45. The van der Waals surface area contributed by atoms with Crippen molar-refractivity contribution < 1.29 is 19.4 Å². The number of carboxylic acids is 1. The van der Waals surface area contributed by atoms with Gasteiger partial charge in [0.05, 0.1) is 6.04 Å². The zero-order chi connectivity index (χ0) is 18.7. The SMILES string of the molecule is CC(NC(=O)C1CC1c1ccccc1Cl)c1ccc(OCC(=O)O)cc1. The number of benzene rings is 2. The molecule has 0 saturated heterocycles. The highest BCUT2D eigenvalue weighted by molar-refractivity contribution is 6.31. The molecule has 26 heavy (non-hydrogen) atoms. The number of hydrogen-bond acceptors (Lipinski definition) is 3. The fourth-order valence-corrected chi connectivity index (χ4v) is 3.28. The summed E-state index contributed by atoms with van der Waals surface area (Å²) in [7, 11) is 0. The molecule has 6 heteroatoms. The summed E-state index contributed by atoms with van der Waals surface area (Å²) in [4.78, 5) is 23.0. The topological polar surface area (TPSA) is 75.6 Å². The maximum absolute atomic E-state index is 12.5. The Hall–Kier alpha value is -2.53. The standard InChI is InChI=1S/C20H20ClNO4/c1-12(13-6-8-14(9-7-13)26-11-19(23)24)22-20(25)17-10-16(17)15-4-2-3-5-18(15)21/h2-9,12,16-17H,10-11H2,1H3,(H,22,25)(H,23,24). The minimum Gasteiger partial charge on any atom is -0.482 e. The lowest BCUT2D eigenvalue weighted by atomic mass is 10.1. The summed E-state index contributed by atoms with van der Waals surface area (Å²) in [6.07, 6.45) is 0.810. The molecule has 2 N–H and O–H groups in total. The van der Waals surface area contributed by atoms with E-state index in [-0.39, 0.29) is 30.4 Å². The van der Waals surface area contributed by atoms with Crippen molar-refractivity contribution in [1.29, 1.82) is 0 Å². The van der Waals surface area contributed by atoms with Crippen LogP contribution in [0.3, 0.4) is 0 Å². The van der Waals surface area contributed by atoms with Gasteiger partial charge in [-0.05, 0) is 48.6 Å². The predicted molar refractivity (Wildman–Crippen MR) is 98.4 cm³/mol. The van der Waals surface area contributed by atoms with Crippen molar-refractivity contribution in [3.63, 3.8) is 0 Å². The molecule has 0 spiro atoms. The van der Waals surface area contributed by atoms with Gasteiger partial charge in [-0.25, -0.2) is 4.79 Å². The van der Waals surface area contributed by atoms with Crippen molar-refractivity contribution in [3.05, 3.63) is 64.7 Å². The number of carboxylic acid groups (broad SMARTS) is 1. The molecule has 2 aromatic carbocycles. The average molecular weight is 374 g/mol. The highest BCUT2D eigenvalue weighted by atomic mass is 35.5. The van der Waals surface area contributed by atoms with Gasteiger partial charge in [-0.15, -0.1) is 0 Å². The summed E-state index contributed by atoms with van der Waals surface area (Å²) < 4.78 is 5.11. The molecule has 3 rings (SSSR count). The highest BCUT2D eigenvalue weighted by Crippen LogP contribution is 2.49. The maximum Gasteiger partial charge on any atom is 0.341 e. The van der Waals surface area contributed by atoms with Crippen LogP contribution >= 0.6 is 11.6 Å². The third-order valence-electron chi connectivity index (χ3n) is 4.53. The second-order valence-corrected chi connectivity index (χ2v) is 6.86. The summed E-state index contributed by atoms with van der Waals surface area (Å²) in [6.45, 7) is 1.54. The molecule has 0 radical (unpaired) electrons. The number of rotatable bonds is 7. The monoisotopic (exact) mass is 373 g/mol. The van der Waals surface area contributed by atoms with Crippen LogP contribution < -0.4 is 10.1 Å². The Balaban J connectivity index is 1.55. The van der Waals surface area contributed by atoms with Crippen molar-refractivity contribution in [3.8, 4) is 5.75 Å². The normalized spacial score (nSPS) is 19.5. The summed E-state index contributed by atoms with van der Waals surface area (Å²) in [5, 5.41) is 12.4. The Morgan fingerprint density at radius 3 is 2.58 bits per heavy atom. The largest absolute Gasteiger partial charge is 0.482 e. The number of ether oxygens (including phenoxy) is 1. The number of amides is 1. The van der Waals surface area contributed by atoms with Crippen LogP contribution in [0.25, 0.3) is 0 Å². The molecule has 1 aliphatic rings. The van der Waals surface area contributed by atoms with E-state index < -0.39 is 5.97 Å². The van der Waals surface area contributed by atoms with Crippen molar-refractivity contribution in [2.24, 2.45) is 5.92 Å². The molecule has 1 fully saturated rings. The van der Waals surface area contributed by atoms with Crippen LogP contribution in [0.4, 0.5) is 0 Å². The molecule has 5 nitrogen and oxygen atoms in total. The van der Waals surface area contributed by atoms with Gasteiger partial charge in [0.2, 0.25) is 5.91 Å². The van der Waals surface area contributed by atoms with Crippen LogP contribution in [0.5, 0.6) is 5.75 Å². The molecule has 0 aromatic heterocycles. The molecule has 136 valence electrons. The summed E-state index contributed by atoms with van der Waals surface area (Å²) in [5.74, 6) is -0.380. The molecule has 1 aliphatic carbocycles. The van der Waals surface area contributed by atoms with Gasteiger partial charge < -0.3 is 15.2 Å². The van der Waals surface area contributed by atoms with Gasteiger partial charge in [0, 0.05) is 10.9 Å². The van der Waals surface area contributed by atoms with E-state index in [0.29, 0.717) is 10.8 Å². The lowest BCUT2D eigenvalue weighted by Gasteiger charge is -2.15. The predicted octanol–water partition coefficient (Wildman–Crippen LogP) is 3.78. The van der Waals surface area contributed by atoms with Crippen LogP contribution in [0.2, 0.25) is 5.02 Å². The van der Waals surface area contributed by atoms with E-state index in [0.717, 1.165) is 17.5 Å². The van der Waals surface area contributed by atoms with Crippen molar-refractivity contribution >= 4 is 23.5 Å². The Morgan fingerprint density at radius 1 is 1.23 bits per heavy atom. The highest BCUT2D eigenvalue weighted by Gasteiger charge is 2.45. The molecular formula is C20H20ClNO4. The molecular weight excluding hydrogens is 354 g/mol. The van der Waals surface area contributed by atoms with Gasteiger partial charge in [-0.2, -0.15) is 0 Å². The average Bonchev–Trinajstić information content (AvgIpc) is 3.41. The lowest BCUT2D eigenvalue weighted by Crippen LogP contribution is -2.28. The first kappa shape index (κ1) is 18.3. The Kier molecular flexibility index (Phi) is 5.47. The fraction of sp³-hybridized carbons (Fsp3) is 0.300. The van der Waals surface area contributed by atoms with Gasteiger partial charge in [0.1, 0.15) is 5.75 Å². The minimum atomic E-state index is -1.02. The van der Waals surface area contributed by atoms with E-state index in [4.69, 9.17) is 21.4 Å². The quantitative estimate of drug-likeness (QED) is 0.774. The van der Waals surface area contributed by atoms with E-state index in [2.05, 4.69) is 5.32 Å². The first-order chi connectivity index (χ1) is 12.5. The first-order valence-corrected chi connectivity index (χ1v) is 8.83. The lowest BCUT2D eigenvalue weighted by molar-refractivity contribution is -0.139. The van der Waals surface area contributed by atoms with Crippen LogP contribution in [-0.4, -0.2) is 23.6 Å². The van der Waals surface area contributed by atoms with Crippen LogP contribution in [-0.2, 0) is 9.59 Å². The zero-order valence-corrected chi connectivity index (χ0v) is 15.1. The second kappa shape index (κ2) is 7.79. The smallest absolute Gasteiger partial charge is 0.341 e. The van der Waals surface area contributed by atoms with Crippen LogP contribution in [0, 0.1) is 5.92 Å². The van der Waals surface area contributed by atoms with Gasteiger partial charge in [-0.1, -0.05) is 41.9 Å². The van der Waals surface area contributed by atoms with E-state index in [1.807, 2.05) is 43.3 Å². The third-order valence-corrected chi connectivity index (χ3v) is 4.88. The number of nitrogens with one attached hydrogen (secondary N) is 1. The van der Waals surface area contributed by atoms with E-state index in [1.54, 1.807) is 12.1 Å². The fourth-order valence-electron chi connectivity index (χ4n) is 3.01. The number of aliphatic carboxylic acids is 1. The maximum atomic E-state index is 12.5.